The molecular weight excluding hydrogens is 383 g/mol. The summed E-state index contributed by atoms with van der Waals surface area (Å²) in [6.07, 6.45) is 1.99. The van der Waals surface area contributed by atoms with E-state index in [1.165, 1.54) is 23.3 Å². The van der Waals surface area contributed by atoms with Gasteiger partial charge in [0.15, 0.2) is 5.82 Å². The molecule has 30 heavy (non-hydrogen) atoms. The monoisotopic (exact) mass is 408 g/mol. The van der Waals surface area contributed by atoms with Crippen LogP contribution in [0.3, 0.4) is 0 Å². The topological polar surface area (TPSA) is 71.3 Å². The summed E-state index contributed by atoms with van der Waals surface area (Å²) < 4.78 is 18.4. The summed E-state index contributed by atoms with van der Waals surface area (Å²) in [5, 5.41) is 7.00. The summed E-state index contributed by atoms with van der Waals surface area (Å²) >= 11 is 0. The van der Waals surface area contributed by atoms with E-state index in [0.29, 0.717) is 50.6 Å². The normalized spacial score (nSPS) is 16.3. The van der Waals surface area contributed by atoms with Crippen LogP contribution in [-0.4, -0.2) is 33.5 Å². The summed E-state index contributed by atoms with van der Waals surface area (Å²) in [7, 11) is 0. The van der Waals surface area contributed by atoms with E-state index >= 15 is 0 Å². The number of halogens is 1. The van der Waals surface area contributed by atoms with Gasteiger partial charge in [-0.05, 0) is 41.7 Å². The van der Waals surface area contributed by atoms with E-state index in [1.807, 2.05) is 19.1 Å². The average molecular weight is 408 g/mol. The Kier molecular flexibility index (Phi) is 6.18. The molecule has 2 aromatic carbocycles. The van der Waals surface area contributed by atoms with Gasteiger partial charge < -0.3 is 9.84 Å². The lowest BCUT2D eigenvalue weighted by molar-refractivity contribution is -0.127. The Labute approximate surface area is 175 Å². The van der Waals surface area contributed by atoms with Crippen LogP contribution >= 0.6 is 0 Å². The van der Waals surface area contributed by atoms with Crippen LogP contribution in [-0.2, 0) is 37.1 Å². The lowest BCUT2D eigenvalue weighted by Gasteiger charge is -2.35. The third-order valence-corrected chi connectivity index (χ3v) is 5.44. The quantitative estimate of drug-likeness (QED) is 0.651. The van der Waals surface area contributed by atoms with E-state index in [-0.39, 0.29) is 17.8 Å². The van der Waals surface area contributed by atoms with E-state index in [9.17, 15) is 9.18 Å². The maximum absolute atomic E-state index is 13.1. The van der Waals surface area contributed by atoms with Crippen LogP contribution in [0.25, 0.3) is 0 Å². The predicted molar refractivity (Wildman–Crippen MR) is 110 cm³/mol. The molecule has 6 nitrogen and oxygen atoms in total. The zero-order chi connectivity index (χ0) is 20.9. The Hall–Kier alpha value is -3.06. The molecule has 1 aliphatic heterocycles. The van der Waals surface area contributed by atoms with E-state index < -0.39 is 0 Å². The van der Waals surface area contributed by atoms with E-state index in [1.54, 1.807) is 12.1 Å². The number of amides is 1. The SMILES string of the molecule is CCc1noc(CN2Cc3ccccc3C[C@@H]2C(=O)NCCc2ccc(F)cc2)n1. The van der Waals surface area contributed by atoms with Crippen LogP contribution < -0.4 is 5.32 Å². The van der Waals surface area contributed by atoms with Crippen molar-refractivity contribution in [3.63, 3.8) is 0 Å². The fourth-order valence-corrected chi connectivity index (χ4v) is 3.77. The number of aromatic nitrogens is 2. The van der Waals surface area contributed by atoms with Gasteiger partial charge in [-0.25, -0.2) is 4.39 Å². The summed E-state index contributed by atoms with van der Waals surface area (Å²) in [5.74, 6) is 0.909. The second-order valence-electron chi connectivity index (χ2n) is 7.52. The van der Waals surface area contributed by atoms with Crippen molar-refractivity contribution in [2.75, 3.05) is 6.54 Å². The molecule has 0 saturated carbocycles. The molecule has 3 aromatic rings. The molecule has 0 radical (unpaired) electrons. The second kappa shape index (κ2) is 9.17. The van der Waals surface area contributed by atoms with Gasteiger partial charge in [-0.2, -0.15) is 4.98 Å². The number of benzene rings is 2. The molecule has 2 heterocycles. The number of carbonyl (C=O) groups excluding carboxylic acids is 1. The number of rotatable bonds is 7. The first-order valence-electron chi connectivity index (χ1n) is 10.3. The molecule has 0 spiro atoms. The molecular formula is C23H25FN4O2. The van der Waals surface area contributed by atoms with Gasteiger partial charge in [0.25, 0.3) is 0 Å². The minimum Gasteiger partial charge on any atom is -0.354 e. The number of fused-ring (bicyclic) bond motifs is 1. The van der Waals surface area contributed by atoms with Crippen molar-refractivity contribution >= 4 is 5.91 Å². The molecule has 7 heteroatoms. The van der Waals surface area contributed by atoms with Crippen molar-refractivity contribution < 1.29 is 13.7 Å². The third-order valence-electron chi connectivity index (χ3n) is 5.44. The first-order valence-corrected chi connectivity index (χ1v) is 10.3. The Balaban J connectivity index is 1.44. The zero-order valence-corrected chi connectivity index (χ0v) is 17.0. The summed E-state index contributed by atoms with van der Waals surface area (Å²) in [6, 6.07) is 14.2. The standard InChI is InChI=1S/C23H25FN4O2/c1-2-21-26-22(30-27-21)15-28-14-18-6-4-3-5-17(18)13-20(28)23(29)25-12-11-16-7-9-19(24)10-8-16/h3-10,20H,2,11-15H2,1H3,(H,25,29)/t20-/m1/s1. The number of hydrogen-bond acceptors (Lipinski definition) is 5. The molecule has 4 rings (SSSR count). The van der Waals surface area contributed by atoms with Gasteiger partial charge in [0, 0.05) is 19.5 Å². The van der Waals surface area contributed by atoms with Crippen molar-refractivity contribution in [2.24, 2.45) is 0 Å². The number of carbonyl (C=O) groups is 1. The Morgan fingerprint density at radius 1 is 1.20 bits per heavy atom. The highest BCUT2D eigenvalue weighted by Crippen LogP contribution is 2.25. The number of nitrogens with one attached hydrogen (secondary N) is 1. The first kappa shape index (κ1) is 20.2. The lowest BCUT2D eigenvalue weighted by Crippen LogP contribution is -2.50. The molecule has 0 bridgehead atoms. The summed E-state index contributed by atoms with van der Waals surface area (Å²) in [6.45, 7) is 3.55. The molecule has 1 aliphatic rings. The fourth-order valence-electron chi connectivity index (χ4n) is 3.77. The smallest absolute Gasteiger partial charge is 0.240 e. The Morgan fingerprint density at radius 2 is 1.97 bits per heavy atom. The fraction of sp³-hybridized carbons (Fsp3) is 0.348. The molecule has 1 aromatic heterocycles. The lowest BCUT2D eigenvalue weighted by atomic mass is 9.93. The molecule has 1 amide bonds. The van der Waals surface area contributed by atoms with Crippen molar-refractivity contribution in [2.45, 2.75) is 45.3 Å². The summed E-state index contributed by atoms with van der Waals surface area (Å²) in [5.41, 5.74) is 3.39. The van der Waals surface area contributed by atoms with E-state index in [4.69, 9.17) is 4.52 Å². The molecule has 0 fully saturated rings. The average Bonchev–Trinajstić information content (AvgIpc) is 3.22. The molecule has 0 saturated heterocycles. The predicted octanol–water partition coefficient (Wildman–Crippen LogP) is 3.06. The van der Waals surface area contributed by atoms with Crippen LogP contribution in [0.5, 0.6) is 0 Å². The van der Waals surface area contributed by atoms with E-state index in [2.05, 4.69) is 32.5 Å². The molecule has 1 atom stereocenters. The van der Waals surface area contributed by atoms with Crippen molar-refractivity contribution in [1.29, 1.82) is 0 Å². The number of hydrogen-bond donors (Lipinski definition) is 1. The van der Waals surface area contributed by atoms with Crippen molar-refractivity contribution in [3.8, 4) is 0 Å². The van der Waals surface area contributed by atoms with Crippen LogP contribution in [0.1, 0.15) is 35.3 Å². The van der Waals surface area contributed by atoms with Crippen LogP contribution in [0.15, 0.2) is 53.1 Å². The first-order chi connectivity index (χ1) is 14.6. The minimum atomic E-state index is -0.315. The maximum Gasteiger partial charge on any atom is 0.240 e. The van der Waals surface area contributed by atoms with Gasteiger partial charge >= 0.3 is 0 Å². The van der Waals surface area contributed by atoms with E-state index in [0.717, 1.165) is 5.56 Å². The Bertz CT molecular complexity index is 1000. The molecule has 1 N–H and O–H groups in total. The highest BCUT2D eigenvalue weighted by atomic mass is 19.1. The Morgan fingerprint density at radius 3 is 2.70 bits per heavy atom. The van der Waals surface area contributed by atoms with Gasteiger partial charge in [-0.3, -0.25) is 9.69 Å². The number of aryl methyl sites for hydroxylation is 1. The van der Waals surface area contributed by atoms with Crippen LogP contribution in [0.2, 0.25) is 0 Å². The molecule has 156 valence electrons. The van der Waals surface area contributed by atoms with Gasteiger partial charge in [0.05, 0.1) is 12.6 Å². The number of nitrogens with zero attached hydrogens (tertiary/aromatic N) is 3. The van der Waals surface area contributed by atoms with Crippen LogP contribution in [0.4, 0.5) is 4.39 Å². The molecule has 0 unspecified atom stereocenters. The minimum absolute atomic E-state index is 0.0261. The van der Waals surface area contributed by atoms with Gasteiger partial charge in [0.2, 0.25) is 11.8 Å². The molecule has 0 aliphatic carbocycles. The third kappa shape index (κ3) is 4.74. The zero-order valence-electron chi connectivity index (χ0n) is 17.0. The van der Waals surface area contributed by atoms with Gasteiger partial charge in [-0.1, -0.05) is 48.5 Å². The van der Waals surface area contributed by atoms with Crippen LogP contribution in [0, 0.1) is 5.82 Å². The van der Waals surface area contributed by atoms with Crippen molar-refractivity contribution in [1.82, 2.24) is 20.4 Å². The van der Waals surface area contributed by atoms with Gasteiger partial charge in [-0.15, -0.1) is 0 Å². The largest absolute Gasteiger partial charge is 0.354 e. The summed E-state index contributed by atoms with van der Waals surface area (Å²) in [4.78, 5) is 19.5. The van der Waals surface area contributed by atoms with Crippen molar-refractivity contribution in [3.05, 3.63) is 82.8 Å². The maximum atomic E-state index is 13.1. The highest BCUT2D eigenvalue weighted by molar-refractivity contribution is 5.82. The van der Waals surface area contributed by atoms with Gasteiger partial charge in [0.1, 0.15) is 5.82 Å². The highest BCUT2D eigenvalue weighted by Gasteiger charge is 2.32. The second-order valence-corrected chi connectivity index (χ2v) is 7.52.